The first kappa shape index (κ1) is 22.2. The summed E-state index contributed by atoms with van der Waals surface area (Å²) in [6.07, 6.45) is 4.52. The third-order valence-corrected chi connectivity index (χ3v) is 6.50. The van der Waals surface area contributed by atoms with Gasteiger partial charge in [-0.1, -0.05) is 18.2 Å². The second-order valence-electron chi connectivity index (χ2n) is 8.81. The highest BCUT2D eigenvalue weighted by molar-refractivity contribution is 5.88. The number of likely N-dealkylation sites (tertiary alicyclic amines) is 2. The number of nitrogens with zero attached hydrogens (tertiary/aromatic N) is 5. The van der Waals surface area contributed by atoms with Gasteiger partial charge in [0.15, 0.2) is 0 Å². The predicted molar refractivity (Wildman–Crippen MR) is 121 cm³/mol. The Labute approximate surface area is 188 Å². The van der Waals surface area contributed by atoms with Crippen molar-refractivity contribution in [2.45, 2.75) is 44.6 Å². The maximum Gasteiger partial charge on any atom is 0.245 e. The number of halogens is 1. The van der Waals surface area contributed by atoms with Gasteiger partial charge in [0.1, 0.15) is 11.9 Å². The lowest BCUT2D eigenvalue weighted by atomic mass is 9.88. The number of hydrogen-bond acceptors (Lipinski definition) is 5. The lowest BCUT2D eigenvalue weighted by molar-refractivity contribution is -0.143. The minimum Gasteiger partial charge on any atom is -0.347 e. The van der Waals surface area contributed by atoms with Crippen molar-refractivity contribution in [2.75, 3.05) is 38.6 Å². The number of amides is 2. The van der Waals surface area contributed by atoms with Crippen molar-refractivity contribution >= 4 is 17.8 Å². The van der Waals surface area contributed by atoms with E-state index in [0.717, 1.165) is 25.0 Å². The molecule has 1 atom stereocenters. The Morgan fingerprint density at radius 3 is 2.50 bits per heavy atom. The average molecular weight is 440 g/mol. The Bertz CT molecular complexity index is 1000. The van der Waals surface area contributed by atoms with E-state index in [-0.39, 0.29) is 23.5 Å². The monoisotopic (exact) mass is 439 g/mol. The number of carbonyl (C=O) groups excluding carboxylic acids is 2. The first-order chi connectivity index (χ1) is 15.4. The van der Waals surface area contributed by atoms with Gasteiger partial charge in [-0.15, -0.1) is 0 Å². The van der Waals surface area contributed by atoms with Crippen LogP contribution in [0.5, 0.6) is 0 Å². The molecule has 2 aromatic rings. The Hall–Kier alpha value is -3.03. The van der Waals surface area contributed by atoms with Crippen molar-refractivity contribution in [3.05, 3.63) is 42.0 Å². The van der Waals surface area contributed by atoms with Crippen LogP contribution in [0.2, 0.25) is 0 Å². The molecular formula is C24H30FN5O2. The Morgan fingerprint density at radius 1 is 1.16 bits per heavy atom. The average Bonchev–Trinajstić information content (AvgIpc) is 3.24. The number of benzene rings is 1. The molecular weight excluding hydrogens is 409 g/mol. The van der Waals surface area contributed by atoms with Crippen LogP contribution in [-0.2, 0) is 9.59 Å². The molecule has 0 saturated carbocycles. The van der Waals surface area contributed by atoms with Gasteiger partial charge in [-0.25, -0.2) is 14.4 Å². The summed E-state index contributed by atoms with van der Waals surface area (Å²) in [6, 6.07) is 6.26. The van der Waals surface area contributed by atoms with Crippen LogP contribution in [0.4, 0.5) is 10.3 Å². The molecule has 2 saturated heterocycles. The molecule has 2 aliphatic heterocycles. The van der Waals surface area contributed by atoms with Crippen LogP contribution in [0.25, 0.3) is 11.1 Å². The number of anilines is 1. The van der Waals surface area contributed by atoms with E-state index in [9.17, 15) is 14.0 Å². The Kier molecular flexibility index (Phi) is 6.39. The molecule has 2 aliphatic rings. The molecule has 0 N–H and O–H groups in total. The van der Waals surface area contributed by atoms with Crippen LogP contribution in [0.3, 0.4) is 0 Å². The minimum atomic E-state index is -0.421. The SMILES string of the molecule is CC(C(=O)N1CCC(c2nc(N(C)C)ncc2-c2ccccc2F)CC1)N1CCCC1=O. The van der Waals surface area contributed by atoms with Crippen molar-refractivity contribution < 1.29 is 14.0 Å². The van der Waals surface area contributed by atoms with E-state index in [4.69, 9.17) is 4.98 Å². The van der Waals surface area contributed by atoms with Crippen molar-refractivity contribution in [1.29, 1.82) is 0 Å². The molecule has 3 heterocycles. The molecule has 0 bridgehead atoms. The third kappa shape index (κ3) is 4.31. The largest absolute Gasteiger partial charge is 0.347 e. The summed E-state index contributed by atoms with van der Waals surface area (Å²) in [6.45, 7) is 3.66. The van der Waals surface area contributed by atoms with Gasteiger partial charge in [-0.2, -0.15) is 0 Å². The van der Waals surface area contributed by atoms with Gasteiger partial charge in [0.25, 0.3) is 0 Å². The molecule has 32 heavy (non-hydrogen) atoms. The standard InChI is InChI=1S/C24H30FN5O2/c1-16(30-12-6-9-21(30)31)23(32)29-13-10-17(11-14-29)22-19(15-26-24(27-22)28(2)3)18-7-4-5-8-20(18)25/h4-5,7-8,15-17H,6,9-14H2,1-3H3. The number of rotatable bonds is 5. The Morgan fingerprint density at radius 2 is 1.88 bits per heavy atom. The molecule has 4 rings (SSSR count). The lowest BCUT2D eigenvalue weighted by Gasteiger charge is -2.36. The van der Waals surface area contributed by atoms with E-state index in [1.54, 1.807) is 23.2 Å². The molecule has 0 spiro atoms. The zero-order valence-corrected chi connectivity index (χ0v) is 18.9. The van der Waals surface area contributed by atoms with Crippen molar-refractivity contribution in [3.8, 4) is 11.1 Å². The van der Waals surface area contributed by atoms with E-state index < -0.39 is 6.04 Å². The van der Waals surface area contributed by atoms with E-state index >= 15 is 0 Å². The summed E-state index contributed by atoms with van der Waals surface area (Å²) in [4.78, 5) is 39.6. The summed E-state index contributed by atoms with van der Waals surface area (Å²) in [7, 11) is 3.76. The topological polar surface area (TPSA) is 69.6 Å². The van der Waals surface area contributed by atoms with E-state index in [2.05, 4.69) is 4.98 Å². The Balaban J connectivity index is 1.54. The van der Waals surface area contributed by atoms with Crippen molar-refractivity contribution in [2.24, 2.45) is 0 Å². The van der Waals surface area contributed by atoms with Gasteiger partial charge in [0.2, 0.25) is 17.8 Å². The van der Waals surface area contributed by atoms with Crippen molar-refractivity contribution in [3.63, 3.8) is 0 Å². The van der Waals surface area contributed by atoms with Gasteiger partial charge < -0.3 is 14.7 Å². The molecule has 1 aromatic carbocycles. The quantitative estimate of drug-likeness (QED) is 0.716. The highest BCUT2D eigenvalue weighted by Gasteiger charge is 2.34. The summed E-state index contributed by atoms with van der Waals surface area (Å²) < 4.78 is 14.6. The predicted octanol–water partition coefficient (Wildman–Crippen LogP) is 3.07. The first-order valence-corrected chi connectivity index (χ1v) is 11.2. The molecule has 8 heteroatoms. The van der Waals surface area contributed by atoms with Crippen LogP contribution in [0.15, 0.2) is 30.5 Å². The zero-order valence-electron chi connectivity index (χ0n) is 18.9. The summed E-state index contributed by atoms with van der Waals surface area (Å²) in [5, 5.41) is 0. The highest BCUT2D eigenvalue weighted by atomic mass is 19.1. The minimum absolute atomic E-state index is 0.00435. The number of aromatic nitrogens is 2. The fourth-order valence-corrected chi connectivity index (χ4v) is 4.65. The molecule has 0 aliphatic carbocycles. The molecule has 1 unspecified atom stereocenters. The van der Waals surface area contributed by atoms with Gasteiger partial charge in [0.05, 0.1) is 5.69 Å². The highest BCUT2D eigenvalue weighted by Crippen LogP contribution is 2.36. The summed E-state index contributed by atoms with van der Waals surface area (Å²) in [5.74, 6) is 0.447. The summed E-state index contributed by atoms with van der Waals surface area (Å²) in [5.41, 5.74) is 2.02. The normalized spacial score (nSPS) is 18.2. The van der Waals surface area contributed by atoms with Gasteiger partial charge >= 0.3 is 0 Å². The van der Waals surface area contributed by atoms with Gasteiger partial charge in [-0.3, -0.25) is 9.59 Å². The first-order valence-electron chi connectivity index (χ1n) is 11.2. The fourth-order valence-electron chi connectivity index (χ4n) is 4.65. The molecule has 0 radical (unpaired) electrons. The van der Waals surface area contributed by atoms with Crippen molar-refractivity contribution in [1.82, 2.24) is 19.8 Å². The lowest BCUT2D eigenvalue weighted by Crippen LogP contribution is -2.49. The van der Waals surface area contributed by atoms with Crippen LogP contribution in [-0.4, -0.2) is 71.4 Å². The van der Waals surface area contributed by atoms with Crippen LogP contribution >= 0.6 is 0 Å². The van der Waals surface area contributed by atoms with E-state index in [0.29, 0.717) is 43.1 Å². The van der Waals surface area contributed by atoms with Gasteiger partial charge in [-0.05, 0) is 32.3 Å². The molecule has 2 fully saturated rings. The second-order valence-corrected chi connectivity index (χ2v) is 8.81. The number of carbonyl (C=O) groups is 2. The zero-order chi connectivity index (χ0) is 22.8. The smallest absolute Gasteiger partial charge is 0.245 e. The van der Waals surface area contributed by atoms with Crippen LogP contribution < -0.4 is 4.90 Å². The van der Waals surface area contributed by atoms with E-state index in [1.165, 1.54) is 6.07 Å². The fraction of sp³-hybridized carbons (Fsp3) is 0.500. The summed E-state index contributed by atoms with van der Waals surface area (Å²) >= 11 is 0. The van der Waals surface area contributed by atoms with Gasteiger partial charge in [0, 0.05) is 63.4 Å². The van der Waals surface area contributed by atoms with E-state index in [1.807, 2.05) is 36.9 Å². The molecule has 170 valence electrons. The molecule has 2 amide bonds. The van der Waals surface area contributed by atoms with Crippen LogP contribution in [0, 0.1) is 5.82 Å². The third-order valence-electron chi connectivity index (χ3n) is 6.50. The molecule has 1 aromatic heterocycles. The maximum absolute atomic E-state index is 14.6. The second kappa shape index (κ2) is 9.22. The maximum atomic E-state index is 14.6. The number of piperidine rings is 1. The van der Waals surface area contributed by atoms with Crippen LogP contribution in [0.1, 0.15) is 44.2 Å². The number of hydrogen-bond donors (Lipinski definition) is 0. The molecule has 7 nitrogen and oxygen atoms in total.